The highest BCUT2D eigenvalue weighted by atomic mass is 16.7. The quantitative estimate of drug-likeness (QED) is 0.327. The molecule has 3 aromatic rings. The van der Waals surface area contributed by atoms with E-state index in [0.29, 0.717) is 34.1 Å². The topological polar surface area (TPSA) is 102 Å². The van der Waals surface area contributed by atoms with Crippen LogP contribution in [-0.4, -0.2) is 24.3 Å². The fraction of sp³-hybridized carbons (Fsp3) is 0.0800. The number of nitrogens with zero attached hydrogens (tertiary/aromatic N) is 1. The monoisotopic (exact) mass is 443 g/mol. The molecular formula is C25H21N3O5. The first-order valence-electron chi connectivity index (χ1n) is 10.1. The van der Waals surface area contributed by atoms with E-state index in [0.717, 1.165) is 0 Å². The molecule has 0 saturated carbocycles. The highest BCUT2D eigenvalue weighted by Gasteiger charge is 2.17. The molecule has 0 atom stereocenters. The second-order valence-electron chi connectivity index (χ2n) is 7.03. The third-order valence-corrected chi connectivity index (χ3v) is 4.60. The van der Waals surface area contributed by atoms with Crippen LogP contribution in [0, 0.1) is 0 Å². The molecule has 0 unspecified atom stereocenters. The predicted octanol–water partition coefficient (Wildman–Crippen LogP) is 3.98. The van der Waals surface area contributed by atoms with Crippen LogP contribution in [0.2, 0.25) is 0 Å². The fourth-order valence-electron chi connectivity index (χ4n) is 2.94. The SMILES string of the molecule is CC(/C=C/c1ccco1)=NNC(=O)C(=Cc1ccc2c(c1)OCO2)NC(=O)c1ccccc1. The van der Waals surface area contributed by atoms with Gasteiger partial charge in [0, 0.05) is 5.56 Å². The Labute approximate surface area is 190 Å². The van der Waals surface area contributed by atoms with Gasteiger partial charge in [-0.1, -0.05) is 24.3 Å². The number of allylic oxidation sites excluding steroid dienone is 1. The molecule has 2 N–H and O–H groups in total. The minimum atomic E-state index is -0.581. The number of ether oxygens (including phenoxy) is 2. The van der Waals surface area contributed by atoms with Crippen molar-refractivity contribution in [1.82, 2.24) is 10.7 Å². The van der Waals surface area contributed by atoms with Gasteiger partial charge in [-0.05, 0) is 67.1 Å². The van der Waals surface area contributed by atoms with E-state index in [4.69, 9.17) is 13.9 Å². The lowest BCUT2D eigenvalue weighted by atomic mass is 10.1. The van der Waals surface area contributed by atoms with Gasteiger partial charge in [0.2, 0.25) is 6.79 Å². The van der Waals surface area contributed by atoms with Gasteiger partial charge in [-0.2, -0.15) is 5.10 Å². The summed E-state index contributed by atoms with van der Waals surface area (Å²) in [5, 5.41) is 6.74. The zero-order chi connectivity index (χ0) is 23.0. The van der Waals surface area contributed by atoms with Gasteiger partial charge in [0.1, 0.15) is 11.5 Å². The van der Waals surface area contributed by atoms with E-state index in [1.165, 1.54) is 0 Å². The molecule has 2 aromatic carbocycles. The van der Waals surface area contributed by atoms with E-state index < -0.39 is 11.8 Å². The summed E-state index contributed by atoms with van der Waals surface area (Å²) in [5.41, 5.74) is 4.10. The summed E-state index contributed by atoms with van der Waals surface area (Å²) >= 11 is 0. The Morgan fingerprint density at radius 3 is 2.61 bits per heavy atom. The minimum Gasteiger partial charge on any atom is -0.465 e. The van der Waals surface area contributed by atoms with Gasteiger partial charge < -0.3 is 19.2 Å². The molecule has 0 fully saturated rings. The van der Waals surface area contributed by atoms with Gasteiger partial charge in [-0.15, -0.1) is 0 Å². The number of benzene rings is 2. The number of rotatable bonds is 7. The van der Waals surface area contributed by atoms with Crippen molar-refractivity contribution < 1.29 is 23.5 Å². The van der Waals surface area contributed by atoms with Crippen LogP contribution in [0.5, 0.6) is 11.5 Å². The second kappa shape index (κ2) is 10.1. The lowest BCUT2D eigenvalue weighted by molar-refractivity contribution is -0.117. The standard InChI is InChI=1S/C25H21N3O5/c1-17(9-11-20-8-5-13-31-20)27-28-25(30)21(26-24(29)19-6-3-2-4-7-19)14-18-10-12-22-23(15-18)33-16-32-22/h2-15H,16H2,1H3,(H,26,29)(H,28,30)/b11-9+,21-14?,27-17?. The third-order valence-electron chi connectivity index (χ3n) is 4.60. The van der Waals surface area contributed by atoms with Gasteiger partial charge in [0.15, 0.2) is 11.5 Å². The average Bonchev–Trinajstić information content (AvgIpc) is 3.53. The normalized spacial score (nSPS) is 13.2. The van der Waals surface area contributed by atoms with E-state index in [1.807, 2.05) is 0 Å². The highest BCUT2D eigenvalue weighted by Crippen LogP contribution is 2.33. The smallest absolute Gasteiger partial charge is 0.287 e. The minimum absolute atomic E-state index is 0.0225. The van der Waals surface area contributed by atoms with Crippen molar-refractivity contribution in [3.8, 4) is 11.5 Å². The van der Waals surface area contributed by atoms with Crippen molar-refractivity contribution in [2.75, 3.05) is 6.79 Å². The first-order valence-corrected chi connectivity index (χ1v) is 10.1. The third kappa shape index (κ3) is 5.76. The number of hydrogen-bond acceptors (Lipinski definition) is 6. The van der Waals surface area contributed by atoms with Crippen LogP contribution in [0.1, 0.15) is 28.6 Å². The average molecular weight is 443 g/mol. The molecule has 0 bridgehead atoms. The van der Waals surface area contributed by atoms with E-state index in [2.05, 4.69) is 15.8 Å². The first-order chi connectivity index (χ1) is 16.1. The summed E-state index contributed by atoms with van der Waals surface area (Å²) in [4.78, 5) is 25.6. The zero-order valence-electron chi connectivity index (χ0n) is 17.8. The van der Waals surface area contributed by atoms with Crippen LogP contribution in [0.4, 0.5) is 0 Å². The van der Waals surface area contributed by atoms with Crippen molar-refractivity contribution in [3.63, 3.8) is 0 Å². The van der Waals surface area contributed by atoms with Crippen molar-refractivity contribution in [2.24, 2.45) is 5.10 Å². The predicted molar refractivity (Wildman–Crippen MR) is 123 cm³/mol. The summed E-state index contributed by atoms with van der Waals surface area (Å²) in [5.74, 6) is 0.845. The molecule has 0 radical (unpaired) electrons. The second-order valence-corrected chi connectivity index (χ2v) is 7.03. The van der Waals surface area contributed by atoms with Crippen LogP contribution >= 0.6 is 0 Å². The maximum Gasteiger partial charge on any atom is 0.287 e. The van der Waals surface area contributed by atoms with Gasteiger partial charge >= 0.3 is 0 Å². The lowest BCUT2D eigenvalue weighted by Gasteiger charge is -2.10. The molecule has 2 amide bonds. The molecule has 0 aliphatic carbocycles. The molecule has 33 heavy (non-hydrogen) atoms. The van der Waals surface area contributed by atoms with Crippen LogP contribution in [0.25, 0.3) is 12.2 Å². The van der Waals surface area contributed by atoms with Crippen molar-refractivity contribution >= 4 is 29.7 Å². The number of hydrogen-bond donors (Lipinski definition) is 2. The molecule has 2 heterocycles. The summed E-state index contributed by atoms with van der Waals surface area (Å²) in [6.45, 7) is 1.86. The van der Waals surface area contributed by atoms with Crippen LogP contribution in [0.3, 0.4) is 0 Å². The molecule has 4 rings (SSSR count). The van der Waals surface area contributed by atoms with Crippen molar-refractivity contribution in [3.05, 3.63) is 95.6 Å². The molecule has 1 aliphatic rings. The van der Waals surface area contributed by atoms with Gasteiger partial charge in [0.25, 0.3) is 11.8 Å². The number of hydrazone groups is 1. The maximum absolute atomic E-state index is 12.9. The molecule has 166 valence electrons. The molecule has 8 nitrogen and oxygen atoms in total. The molecule has 0 spiro atoms. The van der Waals surface area contributed by atoms with Crippen molar-refractivity contribution in [2.45, 2.75) is 6.92 Å². The Kier molecular flexibility index (Phi) is 6.65. The van der Waals surface area contributed by atoms with E-state index in [-0.39, 0.29) is 12.5 Å². The van der Waals surface area contributed by atoms with E-state index in [9.17, 15) is 9.59 Å². The fourth-order valence-corrected chi connectivity index (χ4v) is 2.94. The van der Waals surface area contributed by atoms with Crippen LogP contribution in [-0.2, 0) is 4.79 Å². The van der Waals surface area contributed by atoms with Crippen molar-refractivity contribution in [1.29, 1.82) is 0 Å². The Bertz CT molecular complexity index is 1230. The first kappa shape index (κ1) is 21.6. The summed E-state index contributed by atoms with van der Waals surface area (Å²) in [6, 6.07) is 17.4. The van der Waals surface area contributed by atoms with E-state index in [1.54, 1.807) is 92.1 Å². The Morgan fingerprint density at radius 2 is 1.82 bits per heavy atom. The molecule has 1 aliphatic heterocycles. The Morgan fingerprint density at radius 1 is 1.00 bits per heavy atom. The summed E-state index contributed by atoms with van der Waals surface area (Å²) in [7, 11) is 0. The molecular weight excluding hydrogens is 422 g/mol. The number of furan rings is 1. The van der Waals surface area contributed by atoms with Gasteiger partial charge in [-0.25, -0.2) is 5.43 Å². The van der Waals surface area contributed by atoms with Gasteiger partial charge in [-0.3, -0.25) is 9.59 Å². The number of amides is 2. The van der Waals surface area contributed by atoms with Crippen LogP contribution in [0.15, 0.2) is 88.2 Å². The number of fused-ring (bicyclic) bond motifs is 1. The Balaban J connectivity index is 1.54. The molecule has 0 saturated heterocycles. The van der Waals surface area contributed by atoms with Gasteiger partial charge in [0.05, 0.1) is 12.0 Å². The zero-order valence-corrected chi connectivity index (χ0v) is 17.8. The molecule has 8 heteroatoms. The highest BCUT2D eigenvalue weighted by molar-refractivity contribution is 6.06. The Hall–Kier alpha value is -4.59. The number of carbonyl (C=O) groups excluding carboxylic acids is 2. The van der Waals surface area contributed by atoms with Crippen LogP contribution < -0.4 is 20.2 Å². The maximum atomic E-state index is 12.9. The largest absolute Gasteiger partial charge is 0.465 e. The number of nitrogens with one attached hydrogen (secondary N) is 2. The number of carbonyl (C=O) groups is 2. The van der Waals surface area contributed by atoms with E-state index >= 15 is 0 Å². The molecule has 1 aromatic heterocycles. The lowest BCUT2D eigenvalue weighted by Crippen LogP contribution is -2.33. The summed E-state index contributed by atoms with van der Waals surface area (Å²) < 4.78 is 15.9. The summed E-state index contributed by atoms with van der Waals surface area (Å²) in [6.07, 6.45) is 6.53.